The predicted molar refractivity (Wildman–Crippen MR) is 105 cm³/mol. The van der Waals surface area contributed by atoms with Crippen LogP contribution in [0.1, 0.15) is 35.4 Å². The molecule has 0 saturated heterocycles. The summed E-state index contributed by atoms with van der Waals surface area (Å²) in [5.74, 6) is 0.827. The predicted octanol–water partition coefficient (Wildman–Crippen LogP) is 3.40. The first-order valence-electron chi connectivity index (χ1n) is 9.47. The quantitative estimate of drug-likeness (QED) is 0.644. The van der Waals surface area contributed by atoms with E-state index in [2.05, 4.69) is 35.1 Å². The molecule has 2 heterocycles. The van der Waals surface area contributed by atoms with Crippen molar-refractivity contribution in [3.63, 3.8) is 0 Å². The highest BCUT2D eigenvalue weighted by atomic mass is 16.5. The molecule has 2 aromatic heterocycles. The minimum atomic E-state index is 0.665. The Bertz CT molecular complexity index is 938. The van der Waals surface area contributed by atoms with Gasteiger partial charge in [0.25, 0.3) is 0 Å². The Kier molecular flexibility index (Phi) is 4.74. The molecule has 1 aliphatic carbocycles. The molecule has 27 heavy (non-hydrogen) atoms. The summed E-state index contributed by atoms with van der Waals surface area (Å²) >= 11 is 0. The molecule has 1 fully saturated rings. The van der Waals surface area contributed by atoms with Gasteiger partial charge in [-0.25, -0.2) is 4.68 Å². The second kappa shape index (κ2) is 7.19. The molecule has 0 N–H and O–H groups in total. The number of para-hydroxylation sites is 2. The van der Waals surface area contributed by atoms with E-state index in [-0.39, 0.29) is 0 Å². The Morgan fingerprint density at radius 2 is 1.96 bits per heavy atom. The normalized spacial score (nSPS) is 14.1. The van der Waals surface area contributed by atoms with E-state index in [0.29, 0.717) is 6.04 Å². The topological polar surface area (TPSA) is 48.1 Å². The van der Waals surface area contributed by atoms with Crippen molar-refractivity contribution in [3.05, 3.63) is 59.2 Å². The number of aryl methyl sites for hydroxylation is 2. The molecular formula is C21H27N5O. The van der Waals surface area contributed by atoms with E-state index in [1.807, 2.05) is 46.9 Å². The minimum Gasteiger partial charge on any atom is -0.494 e. The third-order valence-electron chi connectivity index (χ3n) is 5.44. The molecule has 4 rings (SSSR count). The lowest BCUT2D eigenvalue weighted by Crippen LogP contribution is -2.25. The summed E-state index contributed by atoms with van der Waals surface area (Å²) in [6, 6.07) is 8.63. The van der Waals surface area contributed by atoms with Gasteiger partial charge in [0.15, 0.2) is 0 Å². The summed E-state index contributed by atoms with van der Waals surface area (Å²) in [5.41, 5.74) is 5.91. The smallest absolute Gasteiger partial charge is 0.144 e. The first kappa shape index (κ1) is 17.8. The molecule has 0 aliphatic heterocycles. The van der Waals surface area contributed by atoms with Crippen LogP contribution in [-0.4, -0.2) is 37.6 Å². The van der Waals surface area contributed by atoms with Crippen molar-refractivity contribution in [3.8, 4) is 11.4 Å². The van der Waals surface area contributed by atoms with Crippen molar-refractivity contribution in [1.29, 1.82) is 0 Å². The van der Waals surface area contributed by atoms with Gasteiger partial charge >= 0.3 is 0 Å². The van der Waals surface area contributed by atoms with Crippen LogP contribution in [0.15, 0.2) is 36.7 Å². The number of nitrogens with zero attached hydrogens (tertiary/aromatic N) is 5. The van der Waals surface area contributed by atoms with Gasteiger partial charge in [0.1, 0.15) is 11.4 Å². The minimum absolute atomic E-state index is 0.665. The summed E-state index contributed by atoms with van der Waals surface area (Å²) in [4.78, 5) is 2.56. The summed E-state index contributed by atoms with van der Waals surface area (Å²) in [6.45, 7) is 6.09. The molecule has 142 valence electrons. The molecule has 0 unspecified atom stereocenters. The van der Waals surface area contributed by atoms with E-state index in [1.165, 1.54) is 29.7 Å². The zero-order chi connectivity index (χ0) is 19.0. The third kappa shape index (κ3) is 3.62. The molecular weight excluding hydrogens is 338 g/mol. The van der Waals surface area contributed by atoms with Crippen molar-refractivity contribution in [1.82, 2.24) is 24.5 Å². The molecule has 6 heteroatoms. The van der Waals surface area contributed by atoms with Crippen molar-refractivity contribution in [2.24, 2.45) is 7.05 Å². The number of rotatable bonds is 7. The Hall–Kier alpha value is -2.60. The average molecular weight is 365 g/mol. The molecule has 0 spiro atoms. The van der Waals surface area contributed by atoms with E-state index in [0.717, 1.165) is 30.2 Å². The van der Waals surface area contributed by atoms with Gasteiger partial charge in [0.2, 0.25) is 0 Å². The largest absolute Gasteiger partial charge is 0.494 e. The zero-order valence-corrected chi connectivity index (χ0v) is 16.5. The lowest BCUT2D eigenvalue weighted by Gasteiger charge is -2.21. The molecule has 6 nitrogen and oxygen atoms in total. The van der Waals surface area contributed by atoms with Crippen LogP contribution in [0.2, 0.25) is 0 Å². The Morgan fingerprint density at radius 1 is 1.19 bits per heavy atom. The van der Waals surface area contributed by atoms with Gasteiger partial charge in [0, 0.05) is 49.2 Å². The summed E-state index contributed by atoms with van der Waals surface area (Å²) in [7, 11) is 3.71. The van der Waals surface area contributed by atoms with Crippen molar-refractivity contribution < 1.29 is 4.74 Å². The molecule has 0 atom stereocenters. The lowest BCUT2D eigenvalue weighted by atomic mass is 10.1. The van der Waals surface area contributed by atoms with E-state index in [1.54, 1.807) is 7.11 Å². The van der Waals surface area contributed by atoms with E-state index in [4.69, 9.17) is 4.74 Å². The maximum atomic E-state index is 5.47. The molecule has 1 aliphatic rings. The SMILES string of the molecule is COc1ccccc1-n1cc(CN(Cc2c(C)nn(C)c2C)C2CC2)cn1. The van der Waals surface area contributed by atoms with Crippen LogP contribution in [0, 0.1) is 13.8 Å². The van der Waals surface area contributed by atoms with Crippen LogP contribution in [0.5, 0.6) is 5.75 Å². The van der Waals surface area contributed by atoms with Crippen molar-refractivity contribution in [2.45, 2.75) is 45.8 Å². The Balaban J connectivity index is 1.54. The van der Waals surface area contributed by atoms with Crippen molar-refractivity contribution >= 4 is 0 Å². The highest BCUT2D eigenvalue weighted by Crippen LogP contribution is 2.31. The standard InChI is InChI=1S/C21H27N5O/c1-15-19(16(2)24(3)23-15)14-25(18-9-10-18)12-17-11-22-26(13-17)20-7-5-6-8-21(20)27-4/h5-8,11,13,18H,9-10,12,14H2,1-4H3. The van der Waals surface area contributed by atoms with E-state index >= 15 is 0 Å². The number of ether oxygens (including phenoxy) is 1. The van der Waals surface area contributed by atoms with Gasteiger partial charge < -0.3 is 4.74 Å². The van der Waals surface area contributed by atoms with Gasteiger partial charge in [-0.1, -0.05) is 12.1 Å². The molecule has 1 saturated carbocycles. The summed E-state index contributed by atoms with van der Waals surface area (Å²) < 4.78 is 9.35. The summed E-state index contributed by atoms with van der Waals surface area (Å²) in [5, 5.41) is 9.14. The maximum Gasteiger partial charge on any atom is 0.144 e. The van der Waals surface area contributed by atoms with E-state index in [9.17, 15) is 0 Å². The van der Waals surface area contributed by atoms with Crippen LogP contribution >= 0.6 is 0 Å². The fraction of sp³-hybridized carbons (Fsp3) is 0.429. The van der Waals surface area contributed by atoms with Crippen LogP contribution in [-0.2, 0) is 20.1 Å². The number of methoxy groups -OCH3 is 1. The molecule has 0 radical (unpaired) electrons. The zero-order valence-electron chi connectivity index (χ0n) is 16.5. The highest BCUT2D eigenvalue weighted by Gasteiger charge is 2.30. The second-order valence-electron chi connectivity index (χ2n) is 7.37. The molecule has 0 amide bonds. The van der Waals surface area contributed by atoms with E-state index < -0.39 is 0 Å². The summed E-state index contributed by atoms with van der Waals surface area (Å²) in [6.07, 6.45) is 6.62. The lowest BCUT2D eigenvalue weighted by molar-refractivity contribution is 0.244. The average Bonchev–Trinajstić information content (AvgIpc) is 3.37. The van der Waals surface area contributed by atoms with Crippen LogP contribution in [0.4, 0.5) is 0 Å². The Morgan fingerprint density at radius 3 is 2.63 bits per heavy atom. The second-order valence-corrected chi connectivity index (χ2v) is 7.37. The van der Waals surface area contributed by atoms with Gasteiger partial charge in [-0.3, -0.25) is 9.58 Å². The monoisotopic (exact) mass is 365 g/mol. The fourth-order valence-electron chi connectivity index (χ4n) is 3.63. The van der Waals surface area contributed by atoms with Crippen LogP contribution in [0.25, 0.3) is 5.69 Å². The van der Waals surface area contributed by atoms with Crippen LogP contribution < -0.4 is 4.74 Å². The third-order valence-corrected chi connectivity index (χ3v) is 5.44. The maximum absolute atomic E-state index is 5.47. The number of hydrogen-bond donors (Lipinski definition) is 0. The van der Waals surface area contributed by atoms with Gasteiger partial charge in [-0.05, 0) is 38.8 Å². The number of hydrogen-bond acceptors (Lipinski definition) is 4. The number of benzene rings is 1. The van der Waals surface area contributed by atoms with Gasteiger partial charge in [0.05, 0.1) is 19.0 Å². The first-order valence-corrected chi connectivity index (χ1v) is 9.47. The number of aromatic nitrogens is 4. The highest BCUT2D eigenvalue weighted by molar-refractivity contribution is 5.46. The molecule has 1 aromatic carbocycles. The molecule has 0 bridgehead atoms. The first-order chi connectivity index (χ1) is 13.1. The molecule has 3 aromatic rings. The van der Waals surface area contributed by atoms with Gasteiger partial charge in [-0.15, -0.1) is 0 Å². The van der Waals surface area contributed by atoms with Crippen molar-refractivity contribution in [2.75, 3.05) is 7.11 Å². The fourth-order valence-corrected chi connectivity index (χ4v) is 3.63. The Labute approximate surface area is 160 Å². The van der Waals surface area contributed by atoms with Crippen LogP contribution in [0.3, 0.4) is 0 Å². The van der Waals surface area contributed by atoms with Gasteiger partial charge in [-0.2, -0.15) is 10.2 Å².